The van der Waals surface area contributed by atoms with Crippen LogP contribution in [-0.2, 0) is 4.74 Å². The van der Waals surface area contributed by atoms with E-state index in [0.29, 0.717) is 24.9 Å². The van der Waals surface area contributed by atoms with Crippen molar-refractivity contribution < 1.29 is 14.6 Å². The number of thiol groups is 1. The van der Waals surface area contributed by atoms with Gasteiger partial charge in [-0.2, -0.15) is 4.98 Å². The van der Waals surface area contributed by atoms with Gasteiger partial charge in [0.25, 0.3) is 0 Å². The van der Waals surface area contributed by atoms with Gasteiger partial charge in [0, 0.05) is 25.1 Å². The van der Waals surface area contributed by atoms with Crippen LogP contribution in [0.2, 0.25) is 0 Å². The van der Waals surface area contributed by atoms with Crippen LogP contribution in [0, 0.1) is 11.8 Å². The Morgan fingerprint density at radius 2 is 2.00 bits per heavy atom. The number of hydrogen-bond acceptors (Lipinski definition) is 6. The first kappa shape index (κ1) is 14.4. The molecule has 0 bridgehead atoms. The summed E-state index contributed by atoms with van der Waals surface area (Å²) in [4.78, 5) is 21.8. The number of aromatic nitrogens is 2. The van der Waals surface area contributed by atoms with Gasteiger partial charge in [0.1, 0.15) is 5.60 Å². The Labute approximate surface area is 128 Å². The highest BCUT2D eigenvalue weighted by Crippen LogP contribution is 2.58. The zero-order valence-corrected chi connectivity index (χ0v) is 13.2. The standard InChI is InChI=1S/C14H19N3O3S/c1-14(2,3)20-13(19)17-5-7-8(6-17)11(7)9-4-10(18)16-12(21)15-9/h4,7-8,11H,5-6H2,1-3H3,(H2,15,16,18,21)/t7-,8+,11+. The van der Waals surface area contributed by atoms with Crippen LogP contribution >= 0.6 is 12.6 Å². The zero-order valence-electron chi connectivity index (χ0n) is 12.3. The average Bonchev–Trinajstić information content (AvgIpc) is 2.81. The predicted octanol–water partition coefficient (Wildman–Crippen LogP) is 2.05. The lowest BCUT2D eigenvalue weighted by molar-refractivity contribution is 0.0270. The van der Waals surface area contributed by atoms with Gasteiger partial charge in [0.2, 0.25) is 5.88 Å². The second-order valence-corrected chi connectivity index (χ2v) is 7.09. The minimum absolute atomic E-state index is 0.0565. The Morgan fingerprint density at radius 1 is 1.38 bits per heavy atom. The van der Waals surface area contributed by atoms with E-state index in [1.54, 1.807) is 11.0 Å². The smallest absolute Gasteiger partial charge is 0.410 e. The summed E-state index contributed by atoms with van der Waals surface area (Å²) in [5.41, 5.74) is 0.342. The number of rotatable bonds is 1. The van der Waals surface area contributed by atoms with Crippen LogP contribution in [0.3, 0.4) is 0 Å². The minimum Gasteiger partial charge on any atom is -0.493 e. The molecule has 0 radical (unpaired) electrons. The third-order valence-corrected chi connectivity index (χ3v) is 4.11. The molecule has 3 atom stereocenters. The van der Waals surface area contributed by atoms with E-state index >= 15 is 0 Å². The van der Waals surface area contributed by atoms with E-state index in [1.807, 2.05) is 20.8 Å². The number of ether oxygens (including phenoxy) is 1. The molecule has 3 rings (SSSR count). The number of piperidine rings is 1. The molecule has 2 aliphatic rings. The maximum absolute atomic E-state index is 12.0. The third kappa shape index (κ3) is 2.92. The summed E-state index contributed by atoms with van der Waals surface area (Å²) in [5.74, 6) is 1.00. The van der Waals surface area contributed by atoms with Gasteiger partial charge in [-0.25, -0.2) is 9.78 Å². The Hall–Kier alpha value is -1.50. The molecule has 1 saturated carbocycles. The fourth-order valence-electron chi connectivity index (χ4n) is 3.05. The Kier molecular flexibility index (Phi) is 3.27. The van der Waals surface area contributed by atoms with Crippen LogP contribution in [0.25, 0.3) is 0 Å². The number of hydrogen-bond donors (Lipinski definition) is 2. The highest BCUT2D eigenvalue weighted by atomic mass is 32.1. The van der Waals surface area contributed by atoms with Crippen molar-refractivity contribution in [2.75, 3.05) is 13.1 Å². The van der Waals surface area contributed by atoms with Crippen molar-refractivity contribution in [2.45, 2.75) is 37.4 Å². The fraction of sp³-hybridized carbons (Fsp3) is 0.643. The lowest BCUT2D eigenvalue weighted by Crippen LogP contribution is -2.36. The van der Waals surface area contributed by atoms with Crippen molar-refractivity contribution >= 4 is 18.7 Å². The first-order chi connectivity index (χ1) is 9.74. The molecule has 0 spiro atoms. The lowest BCUT2D eigenvalue weighted by atomic mass is 10.2. The predicted molar refractivity (Wildman–Crippen MR) is 78.5 cm³/mol. The Bertz CT molecular complexity index is 555. The molecule has 1 N–H and O–H groups in total. The molecule has 1 amide bonds. The SMILES string of the molecule is CC(C)(C)OC(=O)N1C[C@@H]2[C@H](C1)[C@H]2c1cc(O)nc(S)n1. The number of fused-ring (bicyclic) bond motifs is 1. The first-order valence-electron chi connectivity index (χ1n) is 6.99. The van der Waals surface area contributed by atoms with Crippen molar-refractivity contribution in [1.82, 2.24) is 14.9 Å². The van der Waals surface area contributed by atoms with Crippen LogP contribution < -0.4 is 0 Å². The summed E-state index contributed by atoms with van der Waals surface area (Å²) in [6, 6.07) is 1.58. The molecule has 114 valence electrons. The van der Waals surface area contributed by atoms with Gasteiger partial charge < -0.3 is 14.7 Å². The second-order valence-electron chi connectivity index (χ2n) is 6.69. The normalized spacial score (nSPS) is 27.4. The molecule has 2 fully saturated rings. The van der Waals surface area contributed by atoms with Crippen LogP contribution in [-0.4, -0.2) is 44.8 Å². The van der Waals surface area contributed by atoms with Crippen molar-refractivity contribution in [3.63, 3.8) is 0 Å². The van der Waals surface area contributed by atoms with Gasteiger partial charge in [-0.15, -0.1) is 12.6 Å². The molecule has 1 aromatic heterocycles. The number of likely N-dealkylation sites (tertiary alicyclic amines) is 1. The molecule has 1 aromatic rings. The molecule has 1 saturated heterocycles. The minimum atomic E-state index is -0.470. The van der Waals surface area contributed by atoms with Crippen molar-refractivity contribution in [3.05, 3.63) is 11.8 Å². The van der Waals surface area contributed by atoms with E-state index in [2.05, 4.69) is 22.6 Å². The Balaban J connectivity index is 1.62. The van der Waals surface area contributed by atoms with Gasteiger partial charge in [0.05, 0.1) is 5.69 Å². The highest BCUT2D eigenvalue weighted by Gasteiger charge is 2.58. The van der Waals surface area contributed by atoms with Gasteiger partial charge in [0.15, 0.2) is 5.16 Å². The van der Waals surface area contributed by atoms with Gasteiger partial charge in [-0.3, -0.25) is 0 Å². The number of carbonyl (C=O) groups is 1. The molecular weight excluding hydrogens is 290 g/mol. The molecule has 1 aliphatic heterocycles. The summed E-state index contributed by atoms with van der Waals surface area (Å²) in [7, 11) is 0. The molecule has 2 heterocycles. The quantitative estimate of drug-likeness (QED) is 0.613. The Morgan fingerprint density at radius 3 is 2.52 bits per heavy atom. The van der Waals surface area contributed by atoms with Crippen molar-refractivity contribution in [1.29, 1.82) is 0 Å². The van der Waals surface area contributed by atoms with Crippen molar-refractivity contribution in [3.8, 4) is 5.88 Å². The first-order valence-corrected chi connectivity index (χ1v) is 7.44. The topological polar surface area (TPSA) is 75.5 Å². The molecule has 0 unspecified atom stereocenters. The molecule has 1 aliphatic carbocycles. The number of amides is 1. The summed E-state index contributed by atoms with van der Waals surface area (Å²) >= 11 is 4.08. The van der Waals surface area contributed by atoms with Crippen molar-refractivity contribution in [2.24, 2.45) is 11.8 Å². The third-order valence-electron chi connectivity index (χ3n) is 3.91. The van der Waals surface area contributed by atoms with Crippen LogP contribution in [0.4, 0.5) is 4.79 Å². The average molecular weight is 309 g/mol. The van der Waals surface area contributed by atoms with Crippen LogP contribution in [0.5, 0.6) is 5.88 Å². The van der Waals surface area contributed by atoms with Crippen LogP contribution in [0.1, 0.15) is 32.4 Å². The fourth-order valence-corrected chi connectivity index (χ4v) is 3.27. The monoisotopic (exact) mass is 309 g/mol. The molecular formula is C14H19N3O3S. The second kappa shape index (κ2) is 4.76. The van der Waals surface area contributed by atoms with E-state index in [0.717, 1.165) is 5.69 Å². The summed E-state index contributed by atoms with van der Waals surface area (Å²) in [6.07, 6.45) is -0.256. The van der Waals surface area contributed by atoms with Gasteiger partial charge in [-0.1, -0.05) is 0 Å². The number of nitrogens with zero attached hydrogens (tertiary/aromatic N) is 3. The van der Waals surface area contributed by atoms with E-state index in [4.69, 9.17) is 4.74 Å². The number of carbonyl (C=O) groups excluding carboxylic acids is 1. The summed E-state index contributed by atoms with van der Waals surface area (Å²) in [6.45, 7) is 6.95. The van der Waals surface area contributed by atoms with Gasteiger partial charge in [-0.05, 0) is 32.6 Å². The number of aromatic hydroxyl groups is 1. The maximum atomic E-state index is 12.0. The molecule has 0 aromatic carbocycles. The molecule has 6 nitrogen and oxygen atoms in total. The highest BCUT2D eigenvalue weighted by molar-refractivity contribution is 7.80. The molecule has 21 heavy (non-hydrogen) atoms. The largest absolute Gasteiger partial charge is 0.493 e. The maximum Gasteiger partial charge on any atom is 0.410 e. The van der Waals surface area contributed by atoms with Gasteiger partial charge >= 0.3 is 6.09 Å². The van der Waals surface area contributed by atoms with E-state index < -0.39 is 5.60 Å². The summed E-state index contributed by atoms with van der Waals surface area (Å²) in [5, 5.41) is 9.79. The lowest BCUT2D eigenvalue weighted by Gasteiger charge is -2.25. The molecule has 7 heteroatoms. The summed E-state index contributed by atoms with van der Waals surface area (Å²) < 4.78 is 5.38. The zero-order chi connectivity index (χ0) is 15.4. The van der Waals surface area contributed by atoms with E-state index in [1.165, 1.54) is 0 Å². The van der Waals surface area contributed by atoms with Crippen LogP contribution in [0.15, 0.2) is 11.2 Å². The van der Waals surface area contributed by atoms with E-state index in [-0.39, 0.29) is 23.0 Å². The van der Waals surface area contributed by atoms with E-state index in [9.17, 15) is 9.90 Å².